The molecule has 1 aliphatic rings. The Balaban J connectivity index is 2.06. The Bertz CT molecular complexity index is 896. The summed E-state index contributed by atoms with van der Waals surface area (Å²) in [6.45, 7) is 3.93. The minimum Gasteiger partial charge on any atom is -0.317 e. The molecule has 2 aromatic carbocycles. The van der Waals surface area contributed by atoms with Crippen LogP contribution in [0.3, 0.4) is 0 Å². The molecule has 108 valence electrons. The molecule has 0 aliphatic carbocycles. The molecule has 0 radical (unpaired) electrons. The Kier molecular flexibility index (Phi) is 2.79. The van der Waals surface area contributed by atoms with Gasteiger partial charge in [-0.3, -0.25) is 4.21 Å². The van der Waals surface area contributed by atoms with E-state index >= 15 is 0 Å². The van der Waals surface area contributed by atoms with Crippen molar-refractivity contribution in [2.75, 3.05) is 11.5 Å². The van der Waals surface area contributed by atoms with Gasteiger partial charge in [-0.1, -0.05) is 34.7 Å². The summed E-state index contributed by atoms with van der Waals surface area (Å²) in [7, 11) is -2.14. The molecule has 0 spiro atoms. The Hall–Kier alpha value is -1.87. The van der Waals surface area contributed by atoms with Crippen LogP contribution in [0, 0.1) is 0 Å². The molecule has 0 bridgehead atoms. The maximum atomic E-state index is 13.0. The molecule has 1 aromatic heterocycles. The normalized spacial score (nSPS) is 19.0. The van der Waals surface area contributed by atoms with Crippen molar-refractivity contribution in [3.63, 3.8) is 0 Å². The molecule has 0 amide bonds. The average molecular weight is 297 g/mol. The second-order valence-corrected chi connectivity index (χ2v) is 9.00. The Morgan fingerprint density at radius 3 is 2.48 bits per heavy atom. The van der Waals surface area contributed by atoms with Crippen LogP contribution in [0.4, 0.5) is 0 Å². The lowest BCUT2D eigenvalue weighted by atomic mass is 10.1. The van der Waals surface area contributed by atoms with E-state index in [0.717, 1.165) is 40.3 Å². The molecule has 0 N–H and O–H groups in total. The van der Waals surface area contributed by atoms with Crippen LogP contribution in [0.25, 0.3) is 28.0 Å². The van der Waals surface area contributed by atoms with Crippen molar-refractivity contribution in [3.05, 3.63) is 49.0 Å². The molecular formula is C18H19NOS. The number of hydrogen-bond donors (Lipinski definition) is 1. The van der Waals surface area contributed by atoms with Crippen molar-refractivity contribution in [1.82, 2.24) is 4.57 Å². The topological polar surface area (TPSA) is 22.0 Å². The smallest absolute Gasteiger partial charge is 0.0535 e. The van der Waals surface area contributed by atoms with E-state index in [1.807, 2.05) is 12.3 Å². The maximum Gasteiger partial charge on any atom is 0.0535 e. The highest BCUT2D eigenvalue weighted by Crippen LogP contribution is 2.34. The molecule has 0 unspecified atom stereocenters. The number of thiol groups is 1. The van der Waals surface area contributed by atoms with Crippen molar-refractivity contribution in [1.29, 1.82) is 0 Å². The van der Waals surface area contributed by atoms with Gasteiger partial charge in [-0.2, -0.15) is 0 Å². The second kappa shape index (κ2) is 4.57. The molecule has 3 heteroatoms. The highest BCUT2D eigenvalue weighted by atomic mass is 32.2. The third-order valence-corrected chi connectivity index (χ3v) is 7.93. The highest BCUT2D eigenvalue weighted by molar-refractivity contribution is 8.03. The van der Waals surface area contributed by atoms with Crippen LogP contribution in [0.15, 0.2) is 53.9 Å². The molecule has 21 heavy (non-hydrogen) atoms. The third kappa shape index (κ3) is 1.80. The van der Waals surface area contributed by atoms with E-state index in [4.69, 9.17) is 0 Å². The van der Waals surface area contributed by atoms with Crippen LogP contribution in [-0.2, 0) is 9.93 Å². The fraction of sp³-hybridized carbons (Fsp3) is 0.222. The molecule has 3 aromatic rings. The number of benzene rings is 2. The van der Waals surface area contributed by atoms with Gasteiger partial charge in [0.2, 0.25) is 0 Å². The van der Waals surface area contributed by atoms with Gasteiger partial charge in [-0.05, 0) is 37.1 Å². The molecular weight excluding hydrogens is 278 g/mol. The summed E-state index contributed by atoms with van der Waals surface area (Å²) < 4.78 is 15.2. The molecule has 4 rings (SSSR count). The minimum atomic E-state index is -2.14. The van der Waals surface area contributed by atoms with E-state index < -0.39 is 9.93 Å². The Morgan fingerprint density at radius 1 is 1.00 bits per heavy atom. The van der Waals surface area contributed by atoms with Gasteiger partial charge in [-0.25, -0.2) is 0 Å². The van der Waals surface area contributed by atoms with Gasteiger partial charge >= 0.3 is 0 Å². The molecule has 0 atom stereocenters. The number of hydrogen-bond acceptors (Lipinski definition) is 1. The van der Waals surface area contributed by atoms with Gasteiger partial charge < -0.3 is 4.57 Å². The van der Waals surface area contributed by atoms with Gasteiger partial charge in [0.1, 0.15) is 0 Å². The van der Waals surface area contributed by atoms with Crippen LogP contribution in [0.5, 0.6) is 0 Å². The van der Waals surface area contributed by atoms with Crippen molar-refractivity contribution in [3.8, 4) is 0 Å². The SMILES string of the molecule is C=Cn1c2ccccc2c2cc([SH]3(=O)CCCC3)ccc21. The second-order valence-electron chi connectivity index (χ2n) is 5.81. The summed E-state index contributed by atoms with van der Waals surface area (Å²) in [5.41, 5.74) is 2.30. The zero-order valence-electron chi connectivity index (χ0n) is 12.0. The monoisotopic (exact) mass is 297 g/mol. The summed E-state index contributed by atoms with van der Waals surface area (Å²) >= 11 is 0. The summed E-state index contributed by atoms with van der Waals surface area (Å²) in [5, 5.41) is 2.39. The van der Waals surface area contributed by atoms with Crippen LogP contribution in [0.2, 0.25) is 0 Å². The Labute approximate surface area is 125 Å². The summed E-state index contributed by atoms with van der Waals surface area (Å²) in [4.78, 5) is 1.06. The van der Waals surface area contributed by atoms with Gasteiger partial charge in [0.15, 0.2) is 0 Å². The number of rotatable bonds is 2. The minimum absolute atomic E-state index is 0.874. The summed E-state index contributed by atoms with van der Waals surface area (Å²) in [5.74, 6) is 1.75. The molecule has 1 fully saturated rings. The van der Waals surface area contributed by atoms with E-state index in [1.165, 1.54) is 10.8 Å². The predicted octanol–water partition coefficient (Wildman–Crippen LogP) is 4.06. The lowest BCUT2D eigenvalue weighted by molar-refractivity contribution is 0.674. The Morgan fingerprint density at radius 2 is 1.71 bits per heavy atom. The van der Waals surface area contributed by atoms with Crippen molar-refractivity contribution in [2.45, 2.75) is 17.7 Å². The number of para-hydroxylation sites is 1. The highest BCUT2D eigenvalue weighted by Gasteiger charge is 2.24. The van der Waals surface area contributed by atoms with Crippen LogP contribution in [-0.4, -0.2) is 20.3 Å². The lowest BCUT2D eigenvalue weighted by Gasteiger charge is -2.17. The van der Waals surface area contributed by atoms with E-state index in [0.29, 0.717) is 0 Å². The van der Waals surface area contributed by atoms with E-state index in [9.17, 15) is 4.21 Å². The molecule has 1 saturated heterocycles. The van der Waals surface area contributed by atoms with Gasteiger partial charge in [0.25, 0.3) is 0 Å². The standard InChI is InChI=1S/C18H19NOS/c1-2-19-17-8-4-3-7-15(17)16-13-14(9-10-18(16)19)21(20)11-5-6-12-21/h2-4,7-10,13,21H,1,5-6,11-12H2. The molecule has 2 nitrogen and oxygen atoms in total. The first-order valence-electron chi connectivity index (χ1n) is 7.47. The van der Waals surface area contributed by atoms with Crippen LogP contribution in [0.1, 0.15) is 12.8 Å². The summed E-state index contributed by atoms with van der Waals surface area (Å²) in [6, 6.07) is 14.7. The quantitative estimate of drug-likeness (QED) is 0.708. The predicted molar refractivity (Wildman–Crippen MR) is 92.6 cm³/mol. The zero-order valence-corrected chi connectivity index (χ0v) is 12.9. The molecule has 1 aliphatic heterocycles. The summed E-state index contributed by atoms with van der Waals surface area (Å²) in [6.07, 6.45) is 4.05. The largest absolute Gasteiger partial charge is 0.317 e. The number of fused-ring (bicyclic) bond motifs is 3. The third-order valence-electron chi connectivity index (χ3n) is 4.64. The van der Waals surface area contributed by atoms with Crippen LogP contribution >= 0.6 is 0 Å². The first-order chi connectivity index (χ1) is 10.2. The first kappa shape index (κ1) is 12.8. The maximum absolute atomic E-state index is 13.0. The zero-order chi connectivity index (χ0) is 14.4. The van der Waals surface area contributed by atoms with E-state index in [1.54, 1.807) is 0 Å². The lowest BCUT2D eigenvalue weighted by Crippen LogP contribution is -2.13. The van der Waals surface area contributed by atoms with Crippen molar-refractivity contribution < 1.29 is 4.21 Å². The fourth-order valence-electron chi connectivity index (χ4n) is 3.55. The van der Waals surface area contributed by atoms with Crippen molar-refractivity contribution >= 4 is 37.9 Å². The van der Waals surface area contributed by atoms with Gasteiger partial charge in [0.05, 0.1) is 11.0 Å². The molecule has 0 saturated carbocycles. The number of nitrogens with zero attached hydrogens (tertiary/aromatic N) is 1. The van der Waals surface area contributed by atoms with E-state index in [2.05, 4.69) is 47.5 Å². The van der Waals surface area contributed by atoms with E-state index in [-0.39, 0.29) is 0 Å². The van der Waals surface area contributed by atoms with Crippen LogP contribution < -0.4 is 0 Å². The molecule has 2 heterocycles. The van der Waals surface area contributed by atoms with Crippen molar-refractivity contribution in [2.24, 2.45) is 0 Å². The first-order valence-corrected chi connectivity index (χ1v) is 9.54. The van der Waals surface area contributed by atoms with Gasteiger partial charge in [0, 0.05) is 33.4 Å². The fourth-order valence-corrected chi connectivity index (χ4v) is 6.47. The van der Waals surface area contributed by atoms with Gasteiger partial charge in [-0.15, -0.1) is 0 Å². The average Bonchev–Trinajstić information content (AvgIpc) is 3.09. The number of aromatic nitrogens is 1.